The quantitative estimate of drug-likeness (QED) is 0.509. The average Bonchev–Trinajstić information content (AvgIpc) is 2.63. The summed E-state index contributed by atoms with van der Waals surface area (Å²) in [5.74, 6) is -0.684. The largest absolute Gasteiger partial charge is 0.394 e. The van der Waals surface area contributed by atoms with Crippen molar-refractivity contribution in [1.82, 2.24) is 5.32 Å². The first-order chi connectivity index (χ1) is 12.7. The van der Waals surface area contributed by atoms with Crippen LogP contribution in [-0.4, -0.2) is 34.0 Å². The molecule has 2 aromatic carbocycles. The minimum absolute atomic E-state index is 0.141. The minimum Gasteiger partial charge on any atom is -0.394 e. The summed E-state index contributed by atoms with van der Waals surface area (Å²) < 4.78 is 0. The molecule has 0 aliphatic rings. The van der Waals surface area contributed by atoms with Crippen molar-refractivity contribution in [1.29, 1.82) is 0 Å². The van der Waals surface area contributed by atoms with E-state index in [2.05, 4.69) is 10.6 Å². The summed E-state index contributed by atoms with van der Waals surface area (Å²) in [6.07, 6.45) is 0.141. The van der Waals surface area contributed by atoms with Gasteiger partial charge in [-0.25, -0.2) is 0 Å². The molecule has 0 aromatic heterocycles. The summed E-state index contributed by atoms with van der Waals surface area (Å²) in [6.45, 7) is 3.27. The first-order valence-corrected chi connectivity index (χ1v) is 8.27. The van der Waals surface area contributed by atoms with Crippen LogP contribution in [0.25, 0.3) is 0 Å². The maximum Gasteiger partial charge on any atom is 0.270 e. The second-order valence-corrected chi connectivity index (χ2v) is 6.73. The number of nitro groups is 1. The molecular weight excluding hydrogens is 350 g/mol. The lowest BCUT2D eigenvalue weighted by atomic mass is 10.1. The van der Waals surface area contributed by atoms with Gasteiger partial charge in [-0.1, -0.05) is 18.2 Å². The van der Waals surface area contributed by atoms with E-state index in [-0.39, 0.29) is 30.2 Å². The summed E-state index contributed by atoms with van der Waals surface area (Å²) in [4.78, 5) is 34.4. The summed E-state index contributed by atoms with van der Waals surface area (Å²) in [7, 11) is 0. The zero-order valence-electron chi connectivity index (χ0n) is 15.1. The van der Waals surface area contributed by atoms with Crippen molar-refractivity contribution in [3.8, 4) is 0 Å². The highest BCUT2D eigenvalue weighted by Gasteiger charge is 2.19. The first kappa shape index (κ1) is 20.1. The number of non-ortho nitro benzene ring substituents is 1. The van der Waals surface area contributed by atoms with Crippen LogP contribution in [0.1, 0.15) is 29.8 Å². The normalized spacial score (nSPS) is 10.9. The Kier molecular flexibility index (Phi) is 6.25. The van der Waals surface area contributed by atoms with Gasteiger partial charge in [0.25, 0.3) is 11.6 Å². The van der Waals surface area contributed by atoms with E-state index in [1.165, 1.54) is 24.3 Å². The molecule has 2 rings (SSSR count). The van der Waals surface area contributed by atoms with E-state index < -0.39 is 16.4 Å². The molecule has 27 heavy (non-hydrogen) atoms. The molecule has 0 saturated heterocycles. The van der Waals surface area contributed by atoms with Crippen molar-refractivity contribution in [2.45, 2.75) is 25.8 Å². The number of benzene rings is 2. The van der Waals surface area contributed by atoms with Crippen LogP contribution in [0, 0.1) is 10.1 Å². The van der Waals surface area contributed by atoms with E-state index in [0.29, 0.717) is 5.69 Å². The molecule has 0 fully saturated rings. The Hall–Kier alpha value is -3.26. The van der Waals surface area contributed by atoms with Crippen molar-refractivity contribution in [3.05, 3.63) is 69.8 Å². The third-order valence-corrected chi connectivity index (χ3v) is 3.77. The highest BCUT2D eigenvalue weighted by molar-refractivity contribution is 6.04. The van der Waals surface area contributed by atoms with Gasteiger partial charge < -0.3 is 15.7 Å². The van der Waals surface area contributed by atoms with Crippen LogP contribution < -0.4 is 10.6 Å². The second-order valence-electron chi connectivity index (χ2n) is 6.73. The molecule has 0 atom stereocenters. The van der Waals surface area contributed by atoms with E-state index in [9.17, 15) is 24.8 Å². The Balaban J connectivity index is 1.99. The predicted octanol–water partition coefficient (Wildman–Crippen LogP) is 2.28. The summed E-state index contributed by atoms with van der Waals surface area (Å²) >= 11 is 0. The third-order valence-electron chi connectivity index (χ3n) is 3.77. The molecule has 0 aliphatic carbocycles. The summed E-state index contributed by atoms with van der Waals surface area (Å²) in [6, 6.07) is 12.2. The maximum absolute atomic E-state index is 12.2. The number of hydrogen-bond donors (Lipinski definition) is 3. The van der Waals surface area contributed by atoms with Gasteiger partial charge in [-0.3, -0.25) is 19.7 Å². The van der Waals surface area contributed by atoms with Gasteiger partial charge in [-0.2, -0.15) is 0 Å². The number of amides is 2. The Morgan fingerprint density at radius 1 is 1.15 bits per heavy atom. The molecule has 0 aliphatic heterocycles. The second kappa shape index (κ2) is 8.41. The number of carbonyl (C=O) groups is 2. The lowest BCUT2D eigenvalue weighted by molar-refractivity contribution is -0.384. The first-order valence-electron chi connectivity index (χ1n) is 8.27. The molecule has 2 aromatic rings. The zero-order valence-corrected chi connectivity index (χ0v) is 15.1. The van der Waals surface area contributed by atoms with Gasteiger partial charge in [0.2, 0.25) is 5.91 Å². The van der Waals surface area contributed by atoms with Crippen molar-refractivity contribution < 1.29 is 19.6 Å². The van der Waals surface area contributed by atoms with Crippen LogP contribution in [0.4, 0.5) is 11.4 Å². The van der Waals surface area contributed by atoms with Gasteiger partial charge in [0.1, 0.15) is 0 Å². The highest BCUT2D eigenvalue weighted by atomic mass is 16.6. The lowest BCUT2D eigenvalue weighted by Gasteiger charge is -2.23. The van der Waals surface area contributed by atoms with Gasteiger partial charge in [0.05, 0.1) is 23.5 Å². The number of anilines is 1. The molecule has 0 spiro atoms. The number of hydrogen-bond acceptors (Lipinski definition) is 5. The molecule has 0 bridgehead atoms. The van der Waals surface area contributed by atoms with E-state index >= 15 is 0 Å². The average molecular weight is 371 g/mol. The molecule has 2 amide bonds. The van der Waals surface area contributed by atoms with E-state index in [0.717, 1.165) is 5.56 Å². The lowest BCUT2D eigenvalue weighted by Crippen LogP contribution is -2.46. The topological polar surface area (TPSA) is 122 Å². The molecule has 142 valence electrons. The fraction of sp³-hybridized carbons (Fsp3) is 0.263. The zero-order chi connectivity index (χ0) is 20.0. The highest BCUT2D eigenvalue weighted by Crippen LogP contribution is 2.16. The molecule has 0 saturated carbocycles. The summed E-state index contributed by atoms with van der Waals surface area (Å²) in [5, 5.41) is 25.4. The van der Waals surface area contributed by atoms with E-state index in [1.54, 1.807) is 38.1 Å². The Bertz CT molecular complexity index is 847. The van der Waals surface area contributed by atoms with Crippen molar-refractivity contribution >= 4 is 23.2 Å². The van der Waals surface area contributed by atoms with Gasteiger partial charge in [0, 0.05) is 23.4 Å². The smallest absolute Gasteiger partial charge is 0.270 e. The number of nitro benzene ring substituents is 1. The Morgan fingerprint density at radius 3 is 2.41 bits per heavy atom. The third kappa shape index (κ3) is 5.89. The summed E-state index contributed by atoms with van der Waals surface area (Å²) in [5.41, 5.74) is 0.582. The van der Waals surface area contributed by atoms with Crippen molar-refractivity contribution in [2.24, 2.45) is 0 Å². The van der Waals surface area contributed by atoms with Crippen LogP contribution in [-0.2, 0) is 11.2 Å². The van der Waals surface area contributed by atoms with Crippen LogP contribution in [0.2, 0.25) is 0 Å². The monoisotopic (exact) mass is 371 g/mol. The van der Waals surface area contributed by atoms with Crippen LogP contribution >= 0.6 is 0 Å². The number of aliphatic hydroxyl groups is 1. The SMILES string of the molecule is CC(C)(CO)NC(=O)Cc1ccc(NC(=O)c2cccc([N+](=O)[O-])c2)cc1. The predicted molar refractivity (Wildman–Crippen MR) is 101 cm³/mol. The minimum atomic E-state index is -0.691. The number of aliphatic hydroxyl groups excluding tert-OH is 1. The van der Waals surface area contributed by atoms with Gasteiger partial charge in [0.15, 0.2) is 0 Å². The van der Waals surface area contributed by atoms with Crippen LogP contribution in [0.5, 0.6) is 0 Å². The van der Waals surface area contributed by atoms with Gasteiger partial charge in [-0.15, -0.1) is 0 Å². The van der Waals surface area contributed by atoms with Crippen molar-refractivity contribution in [2.75, 3.05) is 11.9 Å². The van der Waals surface area contributed by atoms with Gasteiger partial charge >= 0.3 is 0 Å². The molecule has 3 N–H and O–H groups in total. The number of nitrogens with zero attached hydrogens (tertiary/aromatic N) is 1. The standard InChI is InChI=1S/C19H21N3O5/c1-19(2,12-23)21-17(24)10-13-6-8-15(9-7-13)20-18(25)14-4-3-5-16(11-14)22(26)27/h3-9,11,23H,10,12H2,1-2H3,(H,20,25)(H,21,24). The Labute approximate surface area is 156 Å². The molecule has 8 nitrogen and oxygen atoms in total. The number of carbonyl (C=O) groups excluding carboxylic acids is 2. The number of rotatable bonds is 7. The maximum atomic E-state index is 12.2. The number of nitrogens with one attached hydrogen (secondary N) is 2. The van der Waals surface area contributed by atoms with Crippen LogP contribution in [0.3, 0.4) is 0 Å². The molecular formula is C19H21N3O5. The van der Waals surface area contributed by atoms with Gasteiger partial charge in [-0.05, 0) is 37.6 Å². The fourth-order valence-corrected chi connectivity index (χ4v) is 2.32. The van der Waals surface area contributed by atoms with Crippen molar-refractivity contribution in [3.63, 3.8) is 0 Å². The van der Waals surface area contributed by atoms with E-state index in [4.69, 9.17) is 0 Å². The Morgan fingerprint density at radius 2 is 1.81 bits per heavy atom. The van der Waals surface area contributed by atoms with Crippen LogP contribution in [0.15, 0.2) is 48.5 Å². The van der Waals surface area contributed by atoms with E-state index in [1.807, 2.05) is 0 Å². The molecule has 0 unspecified atom stereocenters. The molecule has 0 radical (unpaired) electrons. The molecule has 8 heteroatoms. The fourth-order valence-electron chi connectivity index (χ4n) is 2.32. The molecule has 0 heterocycles.